The number of halogens is 1. The molecule has 9 heteroatoms. The summed E-state index contributed by atoms with van der Waals surface area (Å²) in [4.78, 5) is 34.9. The Bertz CT molecular complexity index is 618. The van der Waals surface area contributed by atoms with Crippen molar-refractivity contribution in [1.82, 2.24) is 5.32 Å². The normalized spacial score (nSPS) is 11.3. The van der Waals surface area contributed by atoms with Gasteiger partial charge in [0.05, 0.1) is 31.0 Å². The molecule has 0 saturated carbocycles. The lowest BCUT2D eigenvalue weighted by molar-refractivity contribution is -0.136. The van der Waals surface area contributed by atoms with Crippen LogP contribution in [0.25, 0.3) is 0 Å². The molecule has 126 valence electrons. The molecule has 0 heterocycles. The summed E-state index contributed by atoms with van der Waals surface area (Å²) in [6, 6.07) is 2.56. The van der Waals surface area contributed by atoms with E-state index in [2.05, 4.69) is 15.4 Å². The molecule has 3 N–H and O–H groups in total. The number of carbonyl (C=O) groups is 3. The molecule has 0 saturated heterocycles. The summed E-state index contributed by atoms with van der Waals surface area (Å²) in [7, 11) is 2.54. The Labute approximate surface area is 137 Å². The molecule has 0 aromatic heterocycles. The van der Waals surface area contributed by atoms with Gasteiger partial charge in [-0.1, -0.05) is 11.6 Å². The van der Waals surface area contributed by atoms with E-state index in [0.717, 1.165) is 0 Å². The number of aliphatic hydroxyl groups is 1. The zero-order chi connectivity index (χ0) is 17.6. The van der Waals surface area contributed by atoms with Crippen molar-refractivity contribution in [3.63, 3.8) is 0 Å². The Hall–Kier alpha value is -2.32. The molecule has 0 radical (unpaired) electrons. The monoisotopic (exact) mass is 344 g/mol. The number of hydrogen-bond acceptors (Lipinski definition) is 6. The number of carbonyl (C=O) groups excluding carboxylic acids is 3. The van der Waals surface area contributed by atoms with Crippen LogP contribution in [0.5, 0.6) is 5.75 Å². The van der Waals surface area contributed by atoms with Gasteiger partial charge < -0.3 is 25.2 Å². The van der Waals surface area contributed by atoms with Crippen LogP contribution in [0.4, 0.5) is 5.69 Å². The predicted octanol–water partition coefficient (Wildman–Crippen LogP) is 0.571. The lowest BCUT2D eigenvalue weighted by Crippen LogP contribution is -2.38. The number of ether oxygens (including phenoxy) is 2. The van der Waals surface area contributed by atoms with Crippen LogP contribution in [0.2, 0.25) is 5.02 Å². The van der Waals surface area contributed by atoms with Crippen molar-refractivity contribution in [3.05, 3.63) is 22.7 Å². The average molecular weight is 345 g/mol. The SMILES string of the molecule is COC(=O)c1cc(Cl)c(NC(=O)C(=O)NCC(C)O)cc1OC. The minimum Gasteiger partial charge on any atom is -0.496 e. The Morgan fingerprint density at radius 1 is 1.26 bits per heavy atom. The van der Waals surface area contributed by atoms with E-state index in [4.69, 9.17) is 21.4 Å². The molecule has 2 amide bonds. The molecule has 0 spiro atoms. The second kappa shape index (κ2) is 8.35. The van der Waals surface area contributed by atoms with Crippen LogP contribution in [0, 0.1) is 0 Å². The molecule has 1 aromatic rings. The molecular weight excluding hydrogens is 328 g/mol. The molecule has 0 aliphatic carbocycles. The van der Waals surface area contributed by atoms with E-state index in [9.17, 15) is 14.4 Å². The Morgan fingerprint density at radius 3 is 2.43 bits per heavy atom. The maximum absolute atomic E-state index is 11.8. The summed E-state index contributed by atoms with van der Waals surface area (Å²) in [5.41, 5.74) is 0.171. The molecule has 8 nitrogen and oxygen atoms in total. The summed E-state index contributed by atoms with van der Waals surface area (Å²) in [5, 5.41) is 13.6. The summed E-state index contributed by atoms with van der Waals surface area (Å²) in [5.74, 6) is -2.43. The van der Waals surface area contributed by atoms with E-state index in [1.165, 1.54) is 33.3 Å². The molecule has 1 unspecified atom stereocenters. The van der Waals surface area contributed by atoms with Crippen molar-refractivity contribution in [2.75, 3.05) is 26.1 Å². The first-order valence-electron chi connectivity index (χ1n) is 6.53. The smallest absolute Gasteiger partial charge is 0.341 e. The fourth-order valence-corrected chi connectivity index (χ4v) is 1.80. The topological polar surface area (TPSA) is 114 Å². The van der Waals surface area contributed by atoms with Gasteiger partial charge >= 0.3 is 17.8 Å². The first-order valence-corrected chi connectivity index (χ1v) is 6.91. The van der Waals surface area contributed by atoms with Gasteiger partial charge in [0.15, 0.2) is 0 Å². The van der Waals surface area contributed by atoms with E-state index in [-0.39, 0.29) is 28.6 Å². The van der Waals surface area contributed by atoms with Crippen LogP contribution in [-0.4, -0.2) is 49.8 Å². The first-order chi connectivity index (χ1) is 10.8. The largest absolute Gasteiger partial charge is 0.496 e. The van der Waals surface area contributed by atoms with Gasteiger partial charge in [-0.3, -0.25) is 9.59 Å². The van der Waals surface area contributed by atoms with Crippen LogP contribution in [0.3, 0.4) is 0 Å². The van der Waals surface area contributed by atoms with Crippen molar-refractivity contribution in [1.29, 1.82) is 0 Å². The third-order valence-corrected chi connectivity index (χ3v) is 3.02. The molecule has 0 aliphatic rings. The van der Waals surface area contributed by atoms with E-state index >= 15 is 0 Å². The highest BCUT2D eigenvalue weighted by Gasteiger charge is 2.20. The highest BCUT2D eigenvalue weighted by Crippen LogP contribution is 2.31. The van der Waals surface area contributed by atoms with Crippen LogP contribution >= 0.6 is 11.6 Å². The Morgan fingerprint density at radius 2 is 1.91 bits per heavy atom. The van der Waals surface area contributed by atoms with Crippen LogP contribution in [0.1, 0.15) is 17.3 Å². The molecule has 23 heavy (non-hydrogen) atoms. The number of esters is 1. The van der Waals surface area contributed by atoms with E-state index in [1.54, 1.807) is 0 Å². The van der Waals surface area contributed by atoms with E-state index in [1.807, 2.05) is 0 Å². The molecule has 0 bridgehead atoms. The summed E-state index contributed by atoms with van der Waals surface area (Å²) < 4.78 is 9.64. The molecule has 1 rings (SSSR count). The second-order valence-electron chi connectivity index (χ2n) is 4.54. The third kappa shape index (κ3) is 5.11. The van der Waals surface area contributed by atoms with Gasteiger partial charge in [-0.25, -0.2) is 4.79 Å². The van der Waals surface area contributed by atoms with Gasteiger partial charge in [-0.2, -0.15) is 0 Å². The lowest BCUT2D eigenvalue weighted by atomic mass is 10.1. The van der Waals surface area contributed by atoms with Crippen molar-refractivity contribution < 1.29 is 29.0 Å². The standard InChI is InChI=1S/C14H17ClN2O6/c1-7(18)6-16-12(19)13(20)17-10-5-11(22-2)8(4-9(10)15)14(21)23-3/h4-5,7,18H,6H2,1-3H3,(H,16,19)(H,17,20). The van der Waals surface area contributed by atoms with Crippen molar-refractivity contribution in [2.45, 2.75) is 13.0 Å². The summed E-state index contributed by atoms with van der Waals surface area (Å²) in [6.45, 7) is 1.40. The number of nitrogens with one attached hydrogen (secondary N) is 2. The van der Waals surface area contributed by atoms with Gasteiger partial charge in [0.1, 0.15) is 11.3 Å². The Balaban J connectivity index is 2.94. The number of methoxy groups -OCH3 is 2. The van der Waals surface area contributed by atoms with Crippen LogP contribution < -0.4 is 15.4 Å². The van der Waals surface area contributed by atoms with Crippen molar-refractivity contribution >= 4 is 35.1 Å². The highest BCUT2D eigenvalue weighted by atomic mass is 35.5. The minimum atomic E-state index is -0.972. The third-order valence-electron chi connectivity index (χ3n) is 2.71. The van der Waals surface area contributed by atoms with Crippen molar-refractivity contribution in [3.8, 4) is 5.75 Å². The zero-order valence-corrected chi connectivity index (χ0v) is 13.6. The van der Waals surface area contributed by atoms with E-state index in [0.29, 0.717) is 0 Å². The average Bonchev–Trinajstić information content (AvgIpc) is 2.52. The number of rotatable bonds is 5. The second-order valence-corrected chi connectivity index (χ2v) is 4.94. The maximum Gasteiger partial charge on any atom is 0.341 e. The van der Waals surface area contributed by atoms with Gasteiger partial charge in [-0.05, 0) is 13.0 Å². The lowest BCUT2D eigenvalue weighted by Gasteiger charge is -2.12. The van der Waals surface area contributed by atoms with Gasteiger partial charge in [0.2, 0.25) is 0 Å². The molecule has 1 aromatic carbocycles. The van der Waals surface area contributed by atoms with Gasteiger partial charge in [0.25, 0.3) is 0 Å². The number of amides is 2. The van der Waals surface area contributed by atoms with Crippen LogP contribution in [0.15, 0.2) is 12.1 Å². The fraction of sp³-hybridized carbons (Fsp3) is 0.357. The molecule has 0 fully saturated rings. The summed E-state index contributed by atoms with van der Waals surface area (Å²) >= 11 is 5.99. The Kier molecular flexibility index (Phi) is 6.80. The number of aliphatic hydroxyl groups excluding tert-OH is 1. The molecule has 1 atom stereocenters. The van der Waals surface area contributed by atoms with Gasteiger partial charge in [0, 0.05) is 12.6 Å². The molecule has 0 aliphatic heterocycles. The summed E-state index contributed by atoms with van der Waals surface area (Å²) in [6.07, 6.45) is -0.783. The predicted molar refractivity (Wildman–Crippen MR) is 82.7 cm³/mol. The maximum atomic E-state index is 11.8. The molecular formula is C14H17ClN2O6. The van der Waals surface area contributed by atoms with Gasteiger partial charge in [-0.15, -0.1) is 0 Å². The number of anilines is 1. The quantitative estimate of drug-likeness (QED) is 0.531. The number of hydrogen-bond donors (Lipinski definition) is 3. The van der Waals surface area contributed by atoms with Crippen LogP contribution in [-0.2, 0) is 14.3 Å². The zero-order valence-electron chi connectivity index (χ0n) is 12.8. The first kappa shape index (κ1) is 18.7. The fourth-order valence-electron chi connectivity index (χ4n) is 1.59. The van der Waals surface area contributed by atoms with E-state index < -0.39 is 23.9 Å². The number of benzene rings is 1. The highest BCUT2D eigenvalue weighted by molar-refractivity contribution is 6.41. The van der Waals surface area contributed by atoms with Crippen molar-refractivity contribution in [2.24, 2.45) is 0 Å². The minimum absolute atomic E-state index is 0.0304.